The lowest BCUT2D eigenvalue weighted by molar-refractivity contribution is 0.208. The molecule has 2 heterocycles. The number of nitrogens with zero attached hydrogens (tertiary/aromatic N) is 5. The molecule has 6 heteroatoms. The van der Waals surface area contributed by atoms with Crippen molar-refractivity contribution in [2.45, 2.75) is 26.8 Å². The third kappa shape index (κ3) is 3.75. The van der Waals surface area contributed by atoms with Crippen molar-refractivity contribution in [3.63, 3.8) is 0 Å². The summed E-state index contributed by atoms with van der Waals surface area (Å²) in [6.45, 7) is 7.32. The number of hydrogen-bond donors (Lipinski definition) is 1. The number of nitrogens with one attached hydrogen (secondary N) is 1. The largest absolute Gasteiger partial charge is 0.349 e. The van der Waals surface area contributed by atoms with Crippen LogP contribution < -0.4 is 5.32 Å². The first-order valence-electron chi connectivity index (χ1n) is 8.57. The molecule has 1 aromatic heterocycles. The van der Waals surface area contributed by atoms with Crippen molar-refractivity contribution in [3.05, 3.63) is 42.5 Å². The van der Waals surface area contributed by atoms with Gasteiger partial charge in [-0.3, -0.25) is 9.56 Å². The lowest BCUT2D eigenvalue weighted by Gasteiger charge is -2.37. The summed E-state index contributed by atoms with van der Waals surface area (Å²) in [6.07, 6.45) is 3.04. The first-order chi connectivity index (χ1) is 11.7. The van der Waals surface area contributed by atoms with Gasteiger partial charge in [-0.1, -0.05) is 32.0 Å². The van der Waals surface area contributed by atoms with Crippen LogP contribution in [0, 0.1) is 11.8 Å². The van der Waals surface area contributed by atoms with Gasteiger partial charge in [-0.05, 0) is 30.4 Å². The average molecular weight is 326 g/mol. The zero-order chi connectivity index (χ0) is 16.9. The second kappa shape index (κ2) is 7.47. The van der Waals surface area contributed by atoms with E-state index >= 15 is 0 Å². The number of hydrogen-bond acceptors (Lipinski definition) is 3. The summed E-state index contributed by atoms with van der Waals surface area (Å²) in [5.41, 5.74) is 1.06. The van der Waals surface area contributed by atoms with E-state index in [9.17, 15) is 0 Å². The Labute approximate surface area is 143 Å². The number of rotatable bonds is 3. The van der Waals surface area contributed by atoms with Gasteiger partial charge in [-0.2, -0.15) is 0 Å². The van der Waals surface area contributed by atoms with Gasteiger partial charge in [-0.25, -0.2) is 0 Å². The first-order valence-corrected chi connectivity index (χ1v) is 8.57. The zero-order valence-corrected chi connectivity index (χ0v) is 14.7. The monoisotopic (exact) mass is 326 g/mol. The number of piperidine rings is 1. The van der Waals surface area contributed by atoms with Gasteiger partial charge in [0, 0.05) is 25.8 Å². The van der Waals surface area contributed by atoms with Crippen LogP contribution in [0.15, 0.2) is 41.7 Å². The molecule has 1 saturated heterocycles. The molecule has 128 valence electrons. The van der Waals surface area contributed by atoms with E-state index in [1.54, 1.807) is 6.33 Å². The smallest absolute Gasteiger partial charge is 0.194 e. The molecule has 0 radical (unpaired) electrons. The van der Waals surface area contributed by atoms with Crippen molar-refractivity contribution < 1.29 is 0 Å². The summed E-state index contributed by atoms with van der Waals surface area (Å²) in [7, 11) is 1.84. The first kappa shape index (κ1) is 16.5. The predicted octanol–water partition coefficient (Wildman–Crippen LogP) is 2.32. The molecule has 1 N–H and O–H groups in total. The minimum absolute atomic E-state index is 0.598. The summed E-state index contributed by atoms with van der Waals surface area (Å²) >= 11 is 0. The van der Waals surface area contributed by atoms with Crippen molar-refractivity contribution in [2.24, 2.45) is 16.8 Å². The third-order valence-corrected chi connectivity index (χ3v) is 4.44. The molecule has 24 heavy (non-hydrogen) atoms. The summed E-state index contributed by atoms with van der Waals surface area (Å²) in [5, 5.41) is 11.8. The number of guanidine groups is 1. The number of benzene rings is 1. The highest BCUT2D eigenvalue weighted by molar-refractivity contribution is 5.79. The maximum absolute atomic E-state index is 4.46. The van der Waals surface area contributed by atoms with E-state index in [4.69, 9.17) is 0 Å². The molecule has 1 aromatic carbocycles. The highest BCUT2D eigenvalue weighted by Gasteiger charge is 2.24. The molecule has 0 amide bonds. The summed E-state index contributed by atoms with van der Waals surface area (Å²) in [5.74, 6) is 3.21. The lowest BCUT2D eigenvalue weighted by atomic mass is 9.92. The molecule has 6 nitrogen and oxygen atoms in total. The second-order valence-corrected chi connectivity index (χ2v) is 6.70. The highest BCUT2D eigenvalue weighted by atomic mass is 15.3. The molecule has 0 bridgehead atoms. The molecule has 3 rings (SSSR count). The van der Waals surface area contributed by atoms with E-state index in [-0.39, 0.29) is 0 Å². The van der Waals surface area contributed by atoms with E-state index in [0.717, 1.165) is 30.6 Å². The minimum atomic E-state index is 0.598. The van der Waals surface area contributed by atoms with Crippen molar-refractivity contribution >= 4 is 5.96 Å². The Bertz CT molecular complexity index is 668. The number of aromatic nitrogens is 3. The van der Waals surface area contributed by atoms with Gasteiger partial charge in [0.15, 0.2) is 11.8 Å². The van der Waals surface area contributed by atoms with Crippen molar-refractivity contribution in [3.8, 4) is 5.69 Å². The van der Waals surface area contributed by atoms with Gasteiger partial charge >= 0.3 is 0 Å². The van der Waals surface area contributed by atoms with E-state index in [2.05, 4.69) is 51.4 Å². The quantitative estimate of drug-likeness (QED) is 0.695. The van der Waals surface area contributed by atoms with Crippen LogP contribution in [-0.2, 0) is 6.54 Å². The van der Waals surface area contributed by atoms with Crippen LogP contribution in [0.25, 0.3) is 5.69 Å². The molecule has 0 saturated carbocycles. The van der Waals surface area contributed by atoms with Gasteiger partial charge in [0.2, 0.25) is 0 Å². The third-order valence-electron chi connectivity index (χ3n) is 4.44. The van der Waals surface area contributed by atoms with Crippen LogP contribution in [0.2, 0.25) is 0 Å². The van der Waals surface area contributed by atoms with Crippen molar-refractivity contribution in [1.29, 1.82) is 0 Å². The molecule has 1 aliphatic heterocycles. The molecule has 0 aliphatic carbocycles. The normalized spacial score (nSPS) is 21.8. The van der Waals surface area contributed by atoms with E-state index in [0.29, 0.717) is 18.4 Å². The van der Waals surface area contributed by atoms with Gasteiger partial charge in [-0.15, -0.1) is 10.2 Å². The minimum Gasteiger partial charge on any atom is -0.349 e. The fourth-order valence-electron chi connectivity index (χ4n) is 3.51. The van der Waals surface area contributed by atoms with Crippen LogP contribution in [-0.4, -0.2) is 45.8 Å². The fraction of sp³-hybridized carbons (Fsp3) is 0.500. The molecule has 1 aliphatic rings. The van der Waals surface area contributed by atoms with Gasteiger partial charge in [0.1, 0.15) is 6.33 Å². The van der Waals surface area contributed by atoms with Gasteiger partial charge < -0.3 is 10.2 Å². The predicted molar refractivity (Wildman–Crippen MR) is 96.1 cm³/mol. The zero-order valence-electron chi connectivity index (χ0n) is 14.7. The fourth-order valence-corrected chi connectivity index (χ4v) is 3.51. The van der Waals surface area contributed by atoms with Crippen molar-refractivity contribution in [2.75, 3.05) is 20.1 Å². The molecule has 2 unspecified atom stereocenters. The Morgan fingerprint density at radius 1 is 1.21 bits per heavy atom. The Hall–Kier alpha value is -2.37. The SMILES string of the molecule is CN=C(NCc1nncn1-c1ccccc1)N1CC(C)CC(C)C1. The Morgan fingerprint density at radius 2 is 1.92 bits per heavy atom. The van der Waals surface area contributed by atoms with E-state index in [1.807, 2.05) is 29.8 Å². The van der Waals surface area contributed by atoms with Crippen LogP contribution in [0.1, 0.15) is 26.1 Å². The Kier molecular flexibility index (Phi) is 5.13. The van der Waals surface area contributed by atoms with E-state index < -0.39 is 0 Å². The van der Waals surface area contributed by atoms with E-state index in [1.165, 1.54) is 6.42 Å². The number of para-hydroxylation sites is 1. The lowest BCUT2D eigenvalue weighted by Crippen LogP contribution is -2.48. The Balaban J connectivity index is 1.68. The second-order valence-electron chi connectivity index (χ2n) is 6.70. The van der Waals surface area contributed by atoms with Gasteiger partial charge in [0.25, 0.3) is 0 Å². The Morgan fingerprint density at radius 3 is 2.58 bits per heavy atom. The highest BCUT2D eigenvalue weighted by Crippen LogP contribution is 2.21. The van der Waals surface area contributed by atoms with Crippen molar-refractivity contribution in [1.82, 2.24) is 25.0 Å². The van der Waals surface area contributed by atoms with Crippen LogP contribution in [0.3, 0.4) is 0 Å². The summed E-state index contributed by atoms with van der Waals surface area (Å²) in [6, 6.07) is 10.1. The number of likely N-dealkylation sites (tertiary alicyclic amines) is 1. The molecule has 2 atom stereocenters. The molecule has 1 fully saturated rings. The van der Waals surface area contributed by atoms with Crippen LogP contribution in [0.4, 0.5) is 0 Å². The maximum Gasteiger partial charge on any atom is 0.194 e. The summed E-state index contributed by atoms with van der Waals surface area (Å²) < 4.78 is 2.00. The standard InChI is InChI=1S/C18H26N6/c1-14-9-15(2)12-23(11-14)18(19-3)20-10-17-22-21-13-24(17)16-7-5-4-6-8-16/h4-8,13-15H,9-12H2,1-3H3,(H,19,20). The average Bonchev–Trinajstić information content (AvgIpc) is 3.04. The maximum atomic E-state index is 4.46. The molecule has 0 spiro atoms. The number of aliphatic imine (C=N–C) groups is 1. The topological polar surface area (TPSA) is 58.3 Å². The van der Waals surface area contributed by atoms with Gasteiger partial charge in [0.05, 0.1) is 6.54 Å². The van der Waals surface area contributed by atoms with Crippen LogP contribution >= 0.6 is 0 Å². The molecule has 2 aromatic rings. The molecular weight excluding hydrogens is 300 g/mol. The molecular formula is C18H26N6. The van der Waals surface area contributed by atoms with Crippen LogP contribution in [0.5, 0.6) is 0 Å². The summed E-state index contributed by atoms with van der Waals surface area (Å²) in [4.78, 5) is 6.81.